The normalized spacial score (nSPS) is 11.8. The lowest BCUT2D eigenvalue weighted by molar-refractivity contribution is 1.18. The van der Waals surface area contributed by atoms with Gasteiger partial charge in [-0.2, -0.15) is 0 Å². The van der Waals surface area contributed by atoms with E-state index in [-0.39, 0.29) is 0 Å². The molecule has 0 aliphatic carbocycles. The van der Waals surface area contributed by atoms with Crippen molar-refractivity contribution < 1.29 is 0 Å². The molecule has 0 amide bonds. The van der Waals surface area contributed by atoms with Crippen molar-refractivity contribution in [2.45, 2.75) is 20.8 Å². The van der Waals surface area contributed by atoms with E-state index in [4.69, 9.17) is 0 Å². The first-order valence-electron chi connectivity index (χ1n) is 8.94. The number of aromatic nitrogens is 5. The quantitative estimate of drug-likeness (QED) is 0.538. The number of hydrogen-bond donors (Lipinski definition) is 1. The summed E-state index contributed by atoms with van der Waals surface area (Å²) in [5.74, 6) is 0. The first-order chi connectivity index (χ1) is 13.3. The van der Waals surface area contributed by atoms with Crippen molar-refractivity contribution in [2.24, 2.45) is 4.99 Å². The standard InChI is InChI=1S/C19H16N6.C2H6/c1-3-12(9-20-2)18-17-14(10-23-19(17)25-11-24-18)13-4-5-15-16(8-13)22-7-6-21-15;1-2/h3-11H,1-2H3,(H,23,24,25);1-2H3/b12-3+,20-9?;. The van der Waals surface area contributed by atoms with Crippen molar-refractivity contribution in [1.82, 2.24) is 24.9 Å². The maximum Gasteiger partial charge on any atom is 0.141 e. The fourth-order valence-corrected chi connectivity index (χ4v) is 2.95. The maximum atomic E-state index is 4.50. The molecule has 6 heteroatoms. The largest absolute Gasteiger partial charge is 0.345 e. The van der Waals surface area contributed by atoms with Gasteiger partial charge in [0.25, 0.3) is 0 Å². The van der Waals surface area contributed by atoms with Gasteiger partial charge in [-0.25, -0.2) is 9.97 Å². The Bertz CT molecular complexity index is 1120. The smallest absolute Gasteiger partial charge is 0.141 e. The molecule has 0 unspecified atom stereocenters. The van der Waals surface area contributed by atoms with E-state index in [0.717, 1.165) is 44.5 Å². The van der Waals surface area contributed by atoms with Crippen LogP contribution in [0.2, 0.25) is 0 Å². The molecular formula is C21H22N6. The number of aromatic amines is 1. The van der Waals surface area contributed by atoms with E-state index in [1.165, 1.54) is 0 Å². The van der Waals surface area contributed by atoms with Gasteiger partial charge in [-0.1, -0.05) is 26.0 Å². The molecule has 0 aliphatic rings. The summed E-state index contributed by atoms with van der Waals surface area (Å²) < 4.78 is 0. The average Bonchev–Trinajstić information content (AvgIpc) is 3.17. The zero-order valence-electron chi connectivity index (χ0n) is 15.9. The SMILES string of the molecule is C/C=C(\C=NC)c1ncnc2[nH]cc(-c3ccc4nccnc4c3)c12.CC. The Morgan fingerprint density at radius 1 is 1.04 bits per heavy atom. The molecule has 3 aromatic heterocycles. The Hall–Kier alpha value is -3.41. The van der Waals surface area contributed by atoms with Crippen LogP contribution in [0.25, 0.3) is 38.8 Å². The fourth-order valence-electron chi connectivity index (χ4n) is 2.95. The summed E-state index contributed by atoms with van der Waals surface area (Å²) in [6.07, 6.45) is 10.7. The molecule has 0 fully saturated rings. The number of nitrogens with one attached hydrogen (secondary N) is 1. The summed E-state index contributed by atoms with van der Waals surface area (Å²) >= 11 is 0. The first kappa shape index (κ1) is 18.4. The van der Waals surface area contributed by atoms with E-state index >= 15 is 0 Å². The lowest BCUT2D eigenvalue weighted by Crippen LogP contribution is -1.94. The second-order valence-corrected chi connectivity index (χ2v) is 5.54. The minimum absolute atomic E-state index is 0.795. The van der Waals surface area contributed by atoms with Crippen LogP contribution in [0.3, 0.4) is 0 Å². The zero-order chi connectivity index (χ0) is 19.2. The van der Waals surface area contributed by atoms with Gasteiger partial charge in [0.2, 0.25) is 0 Å². The fraction of sp³-hybridized carbons (Fsp3) is 0.190. The number of H-pyrrole nitrogens is 1. The van der Waals surface area contributed by atoms with Crippen LogP contribution in [0, 0.1) is 0 Å². The minimum Gasteiger partial charge on any atom is -0.345 e. The van der Waals surface area contributed by atoms with Crippen molar-refractivity contribution in [2.75, 3.05) is 7.05 Å². The second-order valence-electron chi connectivity index (χ2n) is 5.54. The van der Waals surface area contributed by atoms with Crippen LogP contribution in [-0.2, 0) is 0 Å². The summed E-state index contributed by atoms with van der Waals surface area (Å²) in [5.41, 5.74) is 6.40. The number of rotatable bonds is 3. The van der Waals surface area contributed by atoms with Gasteiger partial charge >= 0.3 is 0 Å². The third-order valence-corrected chi connectivity index (χ3v) is 4.10. The lowest BCUT2D eigenvalue weighted by atomic mass is 10.0. The summed E-state index contributed by atoms with van der Waals surface area (Å²) in [7, 11) is 1.75. The Labute approximate surface area is 158 Å². The van der Waals surface area contributed by atoms with Crippen LogP contribution < -0.4 is 0 Å². The summed E-state index contributed by atoms with van der Waals surface area (Å²) in [5, 5.41) is 0.971. The Morgan fingerprint density at radius 2 is 1.81 bits per heavy atom. The monoisotopic (exact) mass is 358 g/mol. The molecule has 0 saturated carbocycles. The van der Waals surface area contributed by atoms with Gasteiger partial charge in [0.15, 0.2) is 0 Å². The second kappa shape index (κ2) is 8.31. The summed E-state index contributed by atoms with van der Waals surface area (Å²) in [4.78, 5) is 25.0. The molecule has 0 bridgehead atoms. The van der Waals surface area contributed by atoms with Crippen LogP contribution in [0.5, 0.6) is 0 Å². The predicted octanol–water partition coefficient (Wildman–Crippen LogP) is 4.70. The van der Waals surface area contributed by atoms with Crippen LogP contribution in [0.15, 0.2) is 54.2 Å². The molecule has 27 heavy (non-hydrogen) atoms. The molecule has 0 atom stereocenters. The van der Waals surface area contributed by atoms with E-state index in [1.807, 2.05) is 57.5 Å². The Morgan fingerprint density at radius 3 is 2.56 bits per heavy atom. The molecule has 0 radical (unpaired) electrons. The molecule has 3 heterocycles. The number of nitrogens with zero attached hydrogens (tertiary/aromatic N) is 5. The first-order valence-corrected chi connectivity index (χ1v) is 8.94. The van der Waals surface area contributed by atoms with Crippen molar-refractivity contribution in [3.8, 4) is 11.1 Å². The highest BCUT2D eigenvalue weighted by Gasteiger charge is 2.15. The van der Waals surface area contributed by atoms with Crippen LogP contribution in [-0.4, -0.2) is 38.2 Å². The lowest BCUT2D eigenvalue weighted by Gasteiger charge is -2.06. The molecule has 4 aromatic rings. The van der Waals surface area contributed by atoms with E-state index in [0.29, 0.717) is 0 Å². The predicted molar refractivity (Wildman–Crippen MR) is 112 cm³/mol. The Kier molecular flexibility index (Phi) is 5.66. The zero-order valence-corrected chi connectivity index (χ0v) is 15.9. The highest BCUT2D eigenvalue weighted by atomic mass is 14.9. The highest BCUT2D eigenvalue weighted by molar-refractivity contribution is 6.15. The summed E-state index contributed by atoms with van der Waals surface area (Å²) in [6.45, 7) is 5.98. The molecule has 1 aromatic carbocycles. The minimum atomic E-state index is 0.795. The van der Waals surface area contributed by atoms with Gasteiger partial charge in [0, 0.05) is 43.0 Å². The van der Waals surface area contributed by atoms with Crippen molar-refractivity contribution in [3.63, 3.8) is 0 Å². The van der Waals surface area contributed by atoms with Gasteiger partial charge in [0.1, 0.15) is 12.0 Å². The van der Waals surface area contributed by atoms with E-state index in [9.17, 15) is 0 Å². The van der Waals surface area contributed by atoms with Gasteiger partial charge in [-0.05, 0) is 24.6 Å². The van der Waals surface area contributed by atoms with Crippen LogP contribution in [0.4, 0.5) is 0 Å². The molecule has 136 valence electrons. The molecule has 0 saturated heterocycles. The third kappa shape index (κ3) is 3.46. The van der Waals surface area contributed by atoms with Gasteiger partial charge in [0.05, 0.1) is 22.1 Å². The molecule has 6 nitrogen and oxygen atoms in total. The van der Waals surface area contributed by atoms with Gasteiger partial charge in [-0.3, -0.25) is 15.0 Å². The van der Waals surface area contributed by atoms with Gasteiger partial charge < -0.3 is 4.98 Å². The maximum absolute atomic E-state index is 4.50. The molecule has 1 N–H and O–H groups in total. The topological polar surface area (TPSA) is 79.7 Å². The molecule has 0 spiro atoms. The Balaban J connectivity index is 0.00000102. The summed E-state index contributed by atoms with van der Waals surface area (Å²) in [6, 6.07) is 6.05. The van der Waals surface area contributed by atoms with E-state index < -0.39 is 0 Å². The molecular weight excluding hydrogens is 336 g/mol. The number of benzene rings is 1. The highest BCUT2D eigenvalue weighted by Crippen LogP contribution is 2.32. The number of fused-ring (bicyclic) bond motifs is 2. The van der Waals surface area contributed by atoms with Crippen molar-refractivity contribution in [1.29, 1.82) is 0 Å². The van der Waals surface area contributed by atoms with E-state index in [2.05, 4.69) is 29.9 Å². The third-order valence-electron chi connectivity index (χ3n) is 4.10. The van der Waals surface area contributed by atoms with Crippen molar-refractivity contribution >= 4 is 33.9 Å². The number of hydrogen-bond acceptors (Lipinski definition) is 5. The van der Waals surface area contributed by atoms with Crippen LogP contribution >= 0.6 is 0 Å². The molecule has 4 rings (SSSR count). The van der Waals surface area contributed by atoms with Crippen LogP contribution in [0.1, 0.15) is 26.5 Å². The average molecular weight is 358 g/mol. The van der Waals surface area contributed by atoms with Gasteiger partial charge in [-0.15, -0.1) is 0 Å². The van der Waals surface area contributed by atoms with E-state index in [1.54, 1.807) is 25.8 Å². The number of allylic oxidation sites excluding steroid dienone is 2. The number of aliphatic imine (C=N–C) groups is 1. The molecule has 0 aliphatic heterocycles. The van der Waals surface area contributed by atoms with Crippen molar-refractivity contribution in [3.05, 3.63) is 54.9 Å².